The summed E-state index contributed by atoms with van der Waals surface area (Å²) in [7, 11) is 1.44. The number of hydrogen-bond donors (Lipinski definition) is 2. The van der Waals surface area contributed by atoms with Crippen LogP contribution >= 0.6 is 0 Å². The number of methoxy groups -OCH3 is 1. The minimum atomic E-state index is -4.63. The summed E-state index contributed by atoms with van der Waals surface area (Å²) in [4.78, 5) is 12.7. The molecule has 2 aromatic carbocycles. The van der Waals surface area contributed by atoms with Crippen LogP contribution in [0.15, 0.2) is 48.7 Å². The van der Waals surface area contributed by atoms with Gasteiger partial charge in [-0.25, -0.2) is 13.5 Å². The normalized spacial score (nSPS) is 17.9. The van der Waals surface area contributed by atoms with Crippen LogP contribution in [0.25, 0.3) is 0 Å². The Hall–Kier alpha value is -3.63. The van der Waals surface area contributed by atoms with Crippen LogP contribution in [0.3, 0.4) is 0 Å². The van der Waals surface area contributed by atoms with Gasteiger partial charge in [0.1, 0.15) is 28.8 Å². The molecule has 1 aromatic heterocycles. The lowest BCUT2D eigenvalue weighted by atomic mass is 9.96. The zero-order chi connectivity index (χ0) is 23.0. The van der Waals surface area contributed by atoms with Crippen molar-refractivity contribution in [1.29, 1.82) is 0 Å². The number of ether oxygens (including phenoxy) is 1. The summed E-state index contributed by atoms with van der Waals surface area (Å²) < 4.78 is 74.3. The topological polar surface area (TPSA) is 68.2 Å². The fraction of sp³-hybridized carbons (Fsp3) is 0.238. The number of nitrogens with zero attached hydrogens (tertiary/aromatic N) is 2. The number of anilines is 2. The molecular formula is C21H17F5N4O2. The Morgan fingerprint density at radius 1 is 1.22 bits per heavy atom. The highest BCUT2D eigenvalue weighted by atomic mass is 19.4. The quantitative estimate of drug-likeness (QED) is 0.542. The molecule has 1 amide bonds. The molecule has 4 rings (SSSR count). The number of fused-ring (bicyclic) bond motifs is 1. The van der Waals surface area contributed by atoms with Gasteiger partial charge >= 0.3 is 6.18 Å². The molecule has 0 spiro atoms. The Bertz CT molecular complexity index is 1160. The van der Waals surface area contributed by atoms with Gasteiger partial charge in [0, 0.05) is 12.5 Å². The molecule has 0 unspecified atom stereocenters. The van der Waals surface area contributed by atoms with Crippen molar-refractivity contribution < 1.29 is 31.5 Å². The molecule has 0 radical (unpaired) electrons. The van der Waals surface area contributed by atoms with Crippen molar-refractivity contribution in [2.45, 2.75) is 24.7 Å². The summed E-state index contributed by atoms with van der Waals surface area (Å²) in [5.74, 6) is -2.44. The molecule has 11 heteroatoms. The zero-order valence-corrected chi connectivity index (χ0v) is 16.6. The van der Waals surface area contributed by atoms with Crippen molar-refractivity contribution >= 4 is 17.4 Å². The van der Waals surface area contributed by atoms with E-state index in [4.69, 9.17) is 4.74 Å². The molecule has 0 saturated heterocycles. The third kappa shape index (κ3) is 4.10. The number of hydrogen-bond acceptors (Lipinski definition) is 4. The first-order valence-corrected chi connectivity index (χ1v) is 9.48. The van der Waals surface area contributed by atoms with Gasteiger partial charge in [-0.05, 0) is 29.8 Å². The van der Waals surface area contributed by atoms with Crippen LogP contribution in [0.1, 0.15) is 34.4 Å². The second kappa shape index (κ2) is 8.13. The first-order valence-electron chi connectivity index (χ1n) is 9.48. The summed E-state index contributed by atoms with van der Waals surface area (Å²) in [6.45, 7) is 0. The summed E-state index contributed by atoms with van der Waals surface area (Å²) in [6.07, 6.45) is -4.01. The van der Waals surface area contributed by atoms with Gasteiger partial charge in [-0.2, -0.15) is 18.3 Å². The molecule has 0 saturated carbocycles. The number of nitrogens with one attached hydrogen (secondary N) is 2. The smallest absolute Gasteiger partial charge is 0.410 e. The number of carbonyl (C=O) groups excluding carboxylic acids is 1. The third-order valence-electron chi connectivity index (χ3n) is 5.16. The van der Waals surface area contributed by atoms with Gasteiger partial charge < -0.3 is 15.4 Å². The maximum Gasteiger partial charge on any atom is 0.410 e. The zero-order valence-electron chi connectivity index (χ0n) is 16.6. The monoisotopic (exact) mass is 452 g/mol. The predicted octanol–water partition coefficient (Wildman–Crippen LogP) is 5.08. The van der Waals surface area contributed by atoms with Crippen LogP contribution in [0.4, 0.5) is 33.5 Å². The average Bonchev–Trinajstić information content (AvgIpc) is 3.18. The minimum absolute atomic E-state index is 0.161. The van der Waals surface area contributed by atoms with Gasteiger partial charge in [-0.1, -0.05) is 12.1 Å². The molecule has 2 N–H and O–H groups in total. The Morgan fingerprint density at radius 3 is 2.69 bits per heavy atom. The highest BCUT2D eigenvalue weighted by molar-refractivity contribution is 6.07. The SMILES string of the molecule is COc1cccc([C@H]2C[C@@H](C(F)(F)F)n3ncc(C(=O)Nc4ccc(F)cc4F)c3N2)c1. The van der Waals surface area contributed by atoms with Crippen molar-refractivity contribution in [3.63, 3.8) is 0 Å². The lowest BCUT2D eigenvalue weighted by molar-refractivity contribution is -0.173. The second-order valence-electron chi connectivity index (χ2n) is 7.20. The lowest BCUT2D eigenvalue weighted by Crippen LogP contribution is -2.36. The molecule has 0 aliphatic carbocycles. The van der Waals surface area contributed by atoms with Crippen LogP contribution in [0, 0.1) is 11.6 Å². The van der Waals surface area contributed by atoms with Crippen molar-refractivity contribution in [3.05, 3.63) is 71.4 Å². The molecule has 1 aliphatic heterocycles. The number of carbonyl (C=O) groups is 1. The van der Waals surface area contributed by atoms with E-state index in [0.717, 1.165) is 18.3 Å². The Labute approximate surface area is 179 Å². The van der Waals surface area contributed by atoms with Gasteiger partial charge in [0.25, 0.3) is 5.91 Å². The standard InChI is InChI=1S/C21H17F5N4O2/c1-32-13-4-2-3-11(7-13)17-9-18(21(24,25)26)30-19(28-17)14(10-27-30)20(31)29-16-6-5-12(22)8-15(16)23/h2-8,10,17-18,28H,9H2,1H3,(H,29,31)/t17-,18+/m1/s1. The van der Waals surface area contributed by atoms with Crippen LogP contribution in [-0.4, -0.2) is 29.0 Å². The maximum absolute atomic E-state index is 13.9. The van der Waals surface area contributed by atoms with Crippen LogP contribution in [0.5, 0.6) is 5.75 Å². The molecule has 2 heterocycles. The number of aromatic nitrogens is 2. The summed E-state index contributed by atoms with van der Waals surface area (Å²) in [5, 5.41) is 8.94. The number of alkyl halides is 3. The van der Waals surface area contributed by atoms with Crippen molar-refractivity contribution in [2.24, 2.45) is 0 Å². The summed E-state index contributed by atoms with van der Waals surface area (Å²) in [5.41, 5.74) is 0.00133. The third-order valence-corrected chi connectivity index (χ3v) is 5.16. The van der Waals surface area contributed by atoms with E-state index in [1.165, 1.54) is 7.11 Å². The van der Waals surface area contributed by atoms with E-state index < -0.39 is 35.8 Å². The van der Waals surface area contributed by atoms with Gasteiger partial charge in [0.15, 0.2) is 6.04 Å². The number of halogens is 5. The molecule has 6 nitrogen and oxygen atoms in total. The fourth-order valence-electron chi connectivity index (χ4n) is 3.59. The Kier molecular flexibility index (Phi) is 5.49. The van der Waals surface area contributed by atoms with Gasteiger partial charge in [0.05, 0.1) is 25.0 Å². The van der Waals surface area contributed by atoms with Crippen molar-refractivity contribution in [2.75, 3.05) is 17.7 Å². The molecular weight excluding hydrogens is 435 g/mol. The molecule has 1 aliphatic rings. The molecule has 168 valence electrons. The molecule has 0 bridgehead atoms. The van der Waals surface area contributed by atoms with E-state index in [-0.39, 0.29) is 23.5 Å². The number of benzene rings is 2. The van der Waals surface area contributed by atoms with Crippen LogP contribution in [-0.2, 0) is 0 Å². The summed E-state index contributed by atoms with van der Waals surface area (Å²) >= 11 is 0. The molecule has 3 aromatic rings. The van der Waals surface area contributed by atoms with Crippen LogP contribution < -0.4 is 15.4 Å². The van der Waals surface area contributed by atoms with E-state index in [0.29, 0.717) is 22.1 Å². The highest BCUT2D eigenvalue weighted by Gasteiger charge is 2.47. The molecule has 32 heavy (non-hydrogen) atoms. The van der Waals surface area contributed by atoms with Crippen LogP contribution in [0.2, 0.25) is 0 Å². The van der Waals surface area contributed by atoms with E-state index in [2.05, 4.69) is 15.7 Å². The summed E-state index contributed by atoms with van der Waals surface area (Å²) in [6, 6.07) is 6.32. The Morgan fingerprint density at radius 2 is 2.00 bits per heavy atom. The molecule has 2 atom stereocenters. The maximum atomic E-state index is 13.9. The highest BCUT2D eigenvalue weighted by Crippen LogP contribution is 2.44. The predicted molar refractivity (Wildman–Crippen MR) is 106 cm³/mol. The van der Waals surface area contributed by atoms with Crippen molar-refractivity contribution in [1.82, 2.24) is 9.78 Å². The van der Waals surface area contributed by atoms with Gasteiger partial charge in [-0.15, -0.1) is 0 Å². The fourth-order valence-corrected chi connectivity index (χ4v) is 3.59. The molecule has 0 fully saturated rings. The Balaban J connectivity index is 1.70. The number of rotatable bonds is 4. The average molecular weight is 452 g/mol. The minimum Gasteiger partial charge on any atom is -0.497 e. The second-order valence-corrected chi connectivity index (χ2v) is 7.20. The first kappa shape index (κ1) is 21.6. The van der Waals surface area contributed by atoms with Gasteiger partial charge in [-0.3, -0.25) is 4.79 Å². The number of amides is 1. The van der Waals surface area contributed by atoms with Gasteiger partial charge in [0.2, 0.25) is 0 Å². The van der Waals surface area contributed by atoms with Crippen molar-refractivity contribution in [3.8, 4) is 5.75 Å². The van der Waals surface area contributed by atoms with E-state index in [9.17, 15) is 26.7 Å². The first-order chi connectivity index (χ1) is 15.2. The van der Waals surface area contributed by atoms with E-state index >= 15 is 0 Å². The lowest BCUT2D eigenvalue weighted by Gasteiger charge is -2.34. The largest absolute Gasteiger partial charge is 0.497 e. The van der Waals surface area contributed by atoms with E-state index in [1.54, 1.807) is 24.3 Å². The van der Waals surface area contributed by atoms with E-state index in [1.807, 2.05) is 0 Å².